The van der Waals surface area contributed by atoms with E-state index >= 15 is 0 Å². The molecule has 3 unspecified atom stereocenters. The van der Waals surface area contributed by atoms with Crippen LogP contribution in [-0.2, 0) is 4.74 Å². The fourth-order valence-electron chi connectivity index (χ4n) is 2.50. The minimum atomic E-state index is 0.398. The van der Waals surface area contributed by atoms with Crippen molar-refractivity contribution in [1.29, 1.82) is 0 Å². The minimum absolute atomic E-state index is 0.398. The maximum Gasteiger partial charge on any atom is 0.0869 e. The van der Waals surface area contributed by atoms with Gasteiger partial charge in [0.25, 0.3) is 0 Å². The van der Waals surface area contributed by atoms with Crippen molar-refractivity contribution in [3.05, 3.63) is 29.5 Å². The summed E-state index contributed by atoms with van der Waals surface area (Å²) in [6, 6.07) is 0. The summed E-state index contributed by atoms with van der Waals surface area (Å²) >= 11 is 0. The van der Waals surface area contributed by atoms with Crippen molar-refractivity contribution in [2.24, 2.45) is 5.92 Å². The Balaban J connectivity index is 2.07. The average molecular weight is 160 g/mol. The van der Waals surface area contributed by atoms with Crippen LogP contribution in [0.5, 0.6) is 0 Å². The van der Waals surface area contributed by atoms with Crippen molar-refractivity contribution in [2.75, 3.05) is 0 Å². The Morgan fingerprint density at radius 3 is 3.42 bits per heavy atom. The molecule has 2 saturated heterocycles. The molecule has 0 aromatic heterocycles. The van der Waals surface area contributed by atoms with Gasteiger partial charge in [-0.25, -0.2) is 0 Å². The lowest BCUT2D eigenvalue weighted by molar-refractivity contribution is 0.00474. The molecule has 0 radical (unpaired) electrons. The van der Waals surface area contributed by atoms with Gasteiger partial charge in [-0.1, -0.05) is 12.2 Å². The van der Waals surface area contributed by atoms with Gasteiger partial charge in [-0.15, -0.1) is 5.73 Å². The van der Waals surface area contributed by atoms with Crippen LogP contribution in [0.15, 0.2) is 29.5 Å². The van der Waals surface area contributed by atoms with E-state index in [0.717, 1.165) is 0 Å². The van der Waals surface area contributed by atoms with Crippen LogP contribution in [0.25, 0.3) is 0 Å². The lowest BCUT2D eigenvalue weighted by atomic mass is 9.92. The predicted molar refractivity (Wildman–Crippen MR) is 46.7 cm³/mol. The van der Waals surface area contributed by atoms with Crippen molar-refractivity contribution < 1.29 is 4.74 Å². The van der Waals surface area contributed by atoms with E-state index in [0.29, 0.717) is 18.1 Å². The van der Waals surface area contributed by atoms with Gasteiger partial charge < -0.3 is 4.74 Å². The number of ether oxygens (including phenoxy) is 1. The Hall–Kier alpha value is -0.780. The highest BCUT2D eigenvalue weighted by Crippen LogP contribution is 2.41. The lowest BCUT2D eigenvalue weighted by Gasteiger charge is -2.19. The first-order valence-electron chi connectivity index (χ1n) is 4.74. The van der Waals surface area contributed by atoms with Gasteiger partial charge in [-0.05, 0) is 25.3 Å². The Kier molecular flexibility index (Phi) is 1.31. The standard InChI is InChI=1S/C11H12O/c1-2-5-9-8(4-1)10-6-3-7-11(9)12-10/h1-2,4,8,10-11H,3,6-7H2. The summed E-state index contributed by atoms with van der Waals surface area (Å²) in [7, 11) is 0. The van der Waals surface area contributed by atoms with Gasteiger partial charge in [-0.2, -0.15) is 0 Å². The third kappa shape index (κ3) is 0.782. The molecule has 2 bridgehead atoms. The van der Waals surface area contributed by atoms with Crippen LogP contribution >= 0.6 is 0 Å². The fraction of sp³-hybridized carbons (Fsp3) is 0.545. The molecule has 1 nitrogen and oxygen atoms in total. The molecular formula is C11H12O. The zero-order valence-electron chi connectivity index (χ0n) is 6.99. The monoisotopic (exact) mass is 160 g/mol. The second kappa shape index (κ2) is 2.35. The third-order valence-electron chi connectivity index (χ3n) is 3.07. The molecule has 0 aromatic carbocycles. The molecule has 1 aliphatic carbocycles. The van der Waals surface area contributed by atoms with E-state index in [1.54, 1.807) is 0 Å². The smallest absolute Gasteiger partial charge is 0.0869 e. The molecule has 0 amide bonds. The molecule has 0 saturated carbocycles. The Labute approximate surface area is 72.4 Å². The van der Waals surface area contributed by atoms with E-state index in [1.165, 1.54) is 24.8 Å². The maximum atomic E-state index is 5.87. The van der Waals surface area contributed by atoms with Gasteiger partial charge in [-0.3, -0.25) is 0 Å². The molecule has 2 heterocycles. The SMILES string of the molecule is C1=CC=CC2C=1C1CCCC2O1. The number of hydrogen-bond acceptors (Lipinski definition) is 1. The molecule has 3 atom stereocenters. The molecule has 62 valence electrons. The lowest BCUT2D eigenvalue weighted by Crippen LogP contribution is -2.19. The summed E-state index contributed by atoms with van der Waals surface area (Å²) < 4.78 is 5.87. The number of hydrogen-bond donors (Lipinski definition) is 0. The first-order valence-corrected chi connectivity index (χ1v) is 4.74. The molecule has 2 aliphatic heterocycles. The molecule has 3 rings (SSSR count). The van der Waals surface area contributed by atoms with Crippen LogP contribution in [0, 0.1) is 5.92 Å². The van der Waals surface area contributed by atoms with E-state index in [9.17, 15) is 0 Å². The maximum absolute atomic E-state index is 5.87. The van der Waals surface area contributed by atoms with Crippen molar-refractivity contribution in [2.45, 2.75) is 31.5 Å². The predicted octanol–water partition coefficient (Wildman–Crippen LogP) is 2.21. The zero-order chi connectivity index (χ0) is 7.97. The van der Waals surface area contributed by atoms with Crippen LogP contribution in [-0.4, -0.2) is 12.2 Å². The summed E-state index contributed by atoms with van der Waals surface area (Å²) in [4.78, 5) is 0. The highest BCUT2D eigenvalue weighted by atomic mass is 16.5. The number of allylic oxidation sites excluding steroid dienone is 1. The van der Waals surface area contributed by atoms with Gasteiger partial charge in [0.1, 0.15) is 0 Å². The van der Waals surface area contributed by atoms with Gasteiger partial charge in [0.2, 0.25) is 0 Å². The topological polar surface area (TPSA) is 9.23 Å². The van der Waals surface area contributed by atoms with E-state index in [1.807, 2.05) is 6.08 Å². The van der Waals surface area contributed by atoms with Crippen LogP contribution in [0.2, 0.25) is 0 Å². The van der Waals surface area contributed by atoms with E-state index in [4.69, 9.17) is 4.74 Å². The second-order valence-electron chi connectivity index (χ2n) is 3.77. The zero-order valence-corrected chi connectivity index (χ0v) is 6.99. The molecular weight excluding hydrogens is 148 g/mol. The van der Waals surface area contributed by atoms with Gasteiger partial charge in [0, 0.05) is 11.5 Å². The van der Waals surface area contributed by atoms with Crippen molar-refractivity contribution in [3.63, 3.8) is 0 Å². The summed E-state index contributed by atoms with van der Waals surface area (Å²) in [5.74, 6) is 0.558. The van der Waals surface area contributed by atoms with Crippen molar-refractivity contribution in [3.8, 4) is 0 Å². The number of rotatable bonds is 0. The largest absolute Gasteiger partial charge is 0.369 e. The summed E-state index contributed by atoms with van der Waals surface area (Å²) in [5.41, 5.74) is 4.74. The summed E-state index contributed by atoms with van der Waals surface area (Å²) in [6.45, 7) is 0. The van der Waals surface area contributed by atoms with Crippen LogP contribution in [0.1, 0.15) is 19.3 Å². The Morgan fingerprint density at radius 1 is 1.42 bits per heavy atom. The first-order chi connectivity index (χ1) is 5.95. The molecule has 2 fully saturated rings. The Bertz CT molecular complexity index is 294. The van der Waals surface area contributed by atoms with Gasteiger partial charge >= 0.3 is 0 Å². The fourth-order valence-corrected chi connectivity index (χ4v) is 2.50. The minimum Gasteiger partial charge on any atom is -0.369 e. The van der Waals surface area contributed by atoms with E-state index in [2.05, 4.69) is 17.9 Å². The summed E-state index contributed by atoms with van der Waals surface area (Å²) in [6.07, 6.45) is 11.0. The normalized spacial score (nSPS) is 42.7. The molecule has 0 aromatic rings. The molecule has 3 aliphatic rings. The van der Waals surface area contributed by atoms with E-state index < -0.39 is 0 Å². The first kappa shape index (κ1) is 6.71. The van der Waals surface area contributed by atoms with Gasteiger partial charge in [0.15, 0.2) is 0 Å². The molecule has 0 spiro atoms. The van der Waals surface area contributed by atoms with Crippen LogP contribution < -0.4 is 0 Å². The quantitative estimate of drug-likeness (QED) is 0.494. The molecule has 0 N–H and O–H groups in total. The van der Waals surface area contributed by atoms with Gasteiger partial charge in [0.05, 0.1) is 12.2 Å². The Morgan fingerprint density at radius 2 is 2.42 bits per heavy atom. The highest BCUT2D eigenvalue weighted by molar-refractivity contribution is 5.30. The second-order valence-corrected chi connectivity index (χ2v) is 3.77. The molecule has 12 heavy (non-hydrogen) atoms. The van der Waals surface area contributed by atoms with Crippen LogP contribution in [0.4, 0.5) is 0 Å². The highest BCUT2D eigenvalue weighted by Gasteiger charge is 2.41. The summed E-state index contributed by atoms with van der Waals surface area (Å²) in [5, 5.41) is 0. The van der Waals surface area contributed by atoms with E-state index in [-0.39, 0.29) is 0 Å². The van der Waals surface area contributed by atoms with Crippen molar-refractivity contribution in [1.82, 2.24) is 0 Å². The third-order valence-corrected chi connectivity index (χ3v) is 3.07. The van der Waals surface area contributed by atoms with Crippen LogP contribution in [0.3, 0.4) is 0 Å². The average Bonchev–Trinajstić information content (AvgIpc) is 2.41. The number of fused-ring (bicyclic) bond motifs is 5. The molecule has 1 heteroatoms. The van der Waals surface area contributed by atoms with Crippen molar-refractivity contribution >= 4 is 0 Å².